The van der Waals surface area contributed by atoms with Crippen LogP contribution in [0, 0.1) is 5.82 Å². The molecule has 18 heavy (non-hydrogen) atoms. The lowest BCUT2D eigenvalue weighted by Gasteiger charge is -1.94. The minimum absolute atomic E-state index is 0.182. The molecular formula is C14H13FN2O. The summed E-state index contributed by atoms with van der Waals surface area (Å²) < 4.78 is 15.0. The van der Waals surface area contributed by atoms with Gasteiger partial charge in [-0.3, -0.25) is 9.48 Å². The van der Waals surface area contributed by atoms with E-state index in [0.29, 0.717) is 17.7 Å². The summed E-state index contributed by atoms with van der Waals surface area (Å²) in [6.45, 7) is 2.65. The first-order valence-electron chi connectivity index (χ1n) is 5.70. The molecule has 0 bridgehead atoms. The third-order valence-corrected chi connectivity index (χ3v) is 2.56. The van der Waals surface area contributed by atoms with Crippen LogP contribution in [0.15, 0.2) is 42.7 Å². The van der Waals surface area contributed by atoms with Crippen molar-refractivity contribution in [3.8, 4) is 0 Å². The Labute approximate surface area is 105 Å². The predicted molar refractivity (Wildman–Crippen MR) is 67.7 cm³/mol. The van der Waals surface area contributed by atoms with Gasteiger partial charge in [0.25, 0.3) is 0 Å². The van der Waals surface area contributed by atoms with Gasteiger partial charge in [-0.1, -0.05) is 18.2 Å². The summed E-state index contributed by atoms with van der Waals surface area (Å²) in [5.74, 6) is -0.524. The normalized spacial score (nSPS) is 11.0. The molecule has 92 valence electrons. The van der Waals surface area contributed by atoms with E-state index in [1.807, 2.05) is 6.92 Å². The second kappa shape index (κ2) is 5.40. The zero-order chi connectivity index (χ0) is 13.0. The van der Waals surface area contributed by atoms with Crippen LogP contribution >= 0.6 is 0 Å². The molecule has 0 radical (unpaired) electrons. The molecule has 4 heteroatoms. The van der Waals surface area contributed by atoms with Gasteiger partial charge in [0.05, 0.1) is 11.8 Å². The summed E-state index contributed by atoms with van der Waals surface area (Å²) in [7, 11) is 0. The topological polar surface area (TPSA) is 34.9 Å². The van der Waals surface area contributed by atoms with Crippen LogP contribution in [0.25, 0.3) is 6.08 Å². The standard InChI is InChI=1S/C14H13FN2O/c1-2-17-10-12(9-16-17)14(18)8-7-11-5-3-4-6-13(11)15/h3-10H,2H2,1H3/b8-7+. The van der Waals surface area contributed by atoms with Gasteiger partial charge < -0.3 is 0 Å². The molecule has 2 rings (SSSR count). The molecule has 0 fully saturated rings. The van der Waals surface area contributed by atoms with Crippen molar-refractivity contribution < 1.29 is 9.18 Å². The molecule has 0 aliphatic carbocycles. The van der Waals surface area contributed by atoms with Crippen molar-refractivity contribution in [1.29, 1.82) is 0 Å². The van der Waals surface area contributed by atoms with Crippen LogP contribution in [0.4, 0.5) is 4.39 Å². The summed E-state index contributed by atoms with van der Waals surface area (Å²) in [6, 6.07) is 6.32. The first-order valence-corrected chi connectivity index (χ1v) is 5.70. The number of hydrogen-bond acceptors (Lipinski definition) is 2. The van der Waals surface area contributed by atoms with Gasteiger partial charge in [-0.25, -0.2) is 4.39 Å². The molecule has 0 unspecified atom stereocenters. The van der Waals surface area contributed by atoms with Crippen molar-refractivity contribution >= 4 is 11.9 Å². The van der Waals surface area contributed by atoms with Crippen molar-refractivity contribution in [3.05, 3.63) is 59.7 Å². The molecule has 0 aliphatic heterocycles. The van der Waals surface area contributed by atoms with Crippen LogP contribution in [0.5, 0.6) is 0 Å². The number of carbonyl (C=O) groups excluding carboxylic acids is 1. The van der Waals surface area contributed by atoms with Crippen molar-refractivity contribution in [2.75, 3.05) is 0 Å². The maximum atomic E-state index is 13.3. The molecule has 1 aromatic carbocycles. The van der Waals surface area contributed by atoms with Crippen LogP contribution in [0.2, 0.25) is 0 Å². The van der Waals surface area contributed by atoms with E-state index in [0.717, 1.165) is 0 Å². The lowest BCUT2D eigenvalue weighted by Crippen LogP contribution is -1.94. The van der Waals surface area contributed by atoms with E-state index in [9.17, 15) is 9.18 Å². The molecule has 0 spiro atoms. The summed E-state index contributed by atoms with van der Waals surface area (Å²) in [4.78, 5) is 11.8. The zero-order valence-electron chi connectivity index (χ0n) is 10.0. The molecule has 0 amide bonds. The van der Waals surface area contributed by atoms with E-state index in [-0.39, 0.29) is 11.6 Å². The lowest BCUT2D eigenvalue weighted by molar-refractivity contribution is 0.104. The van der Waals surface area contributed by atoms with Crippen molar-refractivity contribution in [3.63, 3.8) is 0 Å². The number of benzene rings is 1. The Balaban J connectivity index is 2.14. The molecule has 2 aromatic rings. The van der Waals surface area contributed by atoms with Gasteiger partial charge in [0, 0.05) is 18.3 Å². The molecule has 0 N–H and O–H groups in total. The van der Waals surface area contributed by atoms with Gasteiger partial charge in [-0.05, 0) is 25.1 Å². The minimum atomic E-state index is -0.342. The van der Waals surface area contributed by atoms with Crippen molar-refractivity contribution in [2.45, 2.75) is 13.5 Å². The number of allylic oxidation sites excluding steroid dienone is 1. The molecular weight excluding hydrogens is 231 g/mol. The fourth-order valence-corrected chi connectivity index (χ4v) is 1.54. The maximum Gasteiger partial charge on any atom is 0.189 e. The van der Waals surface area contributed by atoms with Gasteiger partial charge in [0.2, 0.25) is 0 Å². The second-order valence-corrected chi connectivity index (χ2v) is 3.80. The molecule has 0 aliphatic rings. The molecule has 1 aromatic heterocycles. The Morgan fingerprint density at radius 3 is 2.89 bits per heavy atom. The van der Waals surface area contributed by atoms with E-state index >= 15 is 0 Å². The fraction of sp³-hybridized carbons (Fsp3) is 0.143. The van der Waals surface area contributed by atoms with E-state index in [2.05, 4.69) is 5.10 Å². The fourth-order valence-electron chi connectivity index (χ4n) is 1.54. The van der Waals surface area contributed by atoms with Crippen molar-refractivity contribution in [2.24, 2.45) is 0 Å². The Morgan fingerprint density at radius 1 is 1.44 bits per heavy atom. The summed E-state index contributed by atoms with van der Waals surface area (Å²) in [5.41, 5.74) is 0.901. The number of hydrogen-bond donors (Lipinski definition) is 0. The molecule has 1 heterocycles. The Morgan fingerprint density at radius 2 is 2.22 bits per heavy atom. The SMILES string of the molecule is CCn1cc(C(=O)/C=C/c2ccccc2F)cn1. The summed E-state index contributed by atoms with van der Waals surface area (Å²) in [5, 5.41) is 4.02. The van der Waals surface area contributed by atoms with Crippen LogP contribution in [-0.4, -0.2) is 15.6 Å². The highest BCUT2D eigenvalue weighted by Gasteiger charge is 2.05. The van der Waals surface area contributed by atoms with E-state index in [1.54, 1.807) is 29.1 Å². The number of nitrogens with zero attached hydrogens (tertiary/aromatic N) is 2. The van der Waals surface area contributed by atoms with Gasteiger partial charge in [-0.2, -0.15) is 5.10 Å². The van der Waals surface area contributed by atoms with Crippen LogP contribution < -0.4 is 0 Å². The monoisotopic (exact) mass is 244 g/mol. The number of aryl methyl sites for hydroxylation is 1. The average molecular weight is 244 g/mol. The van der Waals surface area contributed by atoms with Crippen molar-refractivity contribution in [1.82, 2.24) is 9.78 Å². The lowest BCUT2D eigenvalue weighted by atomic mass is 10.1. The molecule has 0 saturated heterocycles. The second-order valence-electron chi connectivity index (χ2n) is 3.80. The van der Waals surface area contributed by atoms with Crippen LogP contribution in [0.3, 0.4) is 0 Å². The Hall–Kier alpha value is -2.23. The highest BCUT2D eigenvalue weighted by molar-refractivity contribution is 6.06. The first kappa shape index (κ1) is 12.2. The number of aromatic nitrogens is 2. The average Bonchev–Trinajstić information content (AvgIpc) is 2.86. The number of carbonyl (C=O) groups is 1. The molecule has 0 atom stereocenters. The van der Waals surface area contributed by atoms with Gasteiger partial charge in [-0.15, -0.1) is 0 Å². The van der Waals surface area contributed by atoms with Crippen LogP contribution in [-0.2, 0) is 6.54 Å². The van der Waals surface area contributed by atoms with Gasteiger partial charge >= 0.3 is 0 Å². The summed E-state index contributed by atoms with van der Waals surface area (Å²) >= 11 is 0. The number of rotatable bonds is 4. The van der Waals surface area contributed by atoms with Gasteiger partial charge in [0.1, 0.15) is 5.82 Å². The smallest absolute Gasteiger partial charge is 0.189 e. The highest BCUT2D eigenvalue weighted by atomic mass is 19.1. The maximum absolute atomic E-state index is 13.3. The van der Waals surface area contributed by atoms with E-state index in [1.165, 1.54) is 24.4 Å². The highest BCUT2D eigenvalue weighted by Crippen LogP contribution is 2.09. The Kier molecular flexibility index (Phi) is 3.67. The number of ketones is 1. The first-order chi connectivity index (χ1) is 8.70. The largest absolute Gasteiger partial charge is 0.289 e. The quantitative estimate of drug-likeness (QED) is 0.612. The zero-order valence-corrected chi connectivity index (χ0v) is 10.0. The minimum Gasteiger partial charge on any atom is -0.289 e. The predicted octanol–water partition coefficient (Wildman–Crippen LogP) is 2.94. The summed E-state index contributed by atoms with van der Waals surface area (Å²) in [6.07, 6.45) is 6.02. The van der Waals surface area contributed by atoms with E-state index < -0.39 is 0 Å². The van der Waals surface area contributed by atoms with Crippen LogP contribution in [0.1, 0.15) is 22.8 Å². The molecule has 3 nitrogen and oxygen atoms in total. The van der Waals surface area contributed by atoms with E-state index in [4.69, 9.17) is 0 Å². The Bertz CT molecular complexity index is 587. The van der Waals surface area contributed by atoms with Gasteiger partial charge in [0.15, 0.2) is 5.78 Å². The third-order valence-electron chi connectivity index (χ3n) is 2.56. The molecule has 0 saturated carbocycles. The third kappa shape index (κ3) is 2.71. The number of halogens is 1.